The van der Waals surface area contributed by atoms with Gasteiger partial charge < -0.3 is 15.6 Å². The van der Waals surface area contributed by atoms with Gasteiger partial charge in [0.2, 0.25) is 0 Å². The molecule has 1 atom stereocenters. The summed E-state index contributed by atoms with van der Waals surface area (Å²) < 4.78 is 4.89. The van der Waals surface area contributed by atoms with Crippen molar-refractivity contribution in [2.45, 2.75) is 26.4 Å². The molecule has 0 aromatic heterocycles. The minimum absolute atomic E-state index is 0.215. The Labute approximate surface area is 99.2 Å². The fourth-order valence-corrected chi connectivity index (χ4v) is 1.47. The summed E-state index contributed by atoms with van der Waals surface area (Å²) in [4.78, 5) is 22.6. The Morgan fingerprint density at radius 1 is 1.47 bits per heavy atom. The number of carboxylic acid groups (broad SMARTS) is 1. The van der Waals surface area contributed by atoms with Crippen LogP contribution in [0.1, 0.15) is 29.3 Å². The summed E-state index contributed by atoms with van der Waals surface area (Å²) in [7, 11) is 0. The number of anilines is 1. The highest BCUT2D eigenvalue weighted by Gasteiger charge is 2.23. The molecule has 0 aliphatic carbocycles. The number of nitrogen functional groups attached to an aromatic ring is 1. The van der Waals surface area contributed by atoms with E-state index in [0.717, 1.165) is 0 Å². The van der Waals surface area contributed by atoms with E-state index in [9.17, 15) is 9.59 Å². The van der Waals surface area contributed by atoms with Gasteiger partial charge in [0.25, 0.3) is 0 Å². The predicted molar refractivity (Wildman–Crippen MR) is 62.7 cm³/mol. The molecular formula is C12H15NO4. The van der Waals surface area contributed by atoms with Gasteiger partial charge in [0.1, 0.15) is 0 Å². The van der Waals surface area contributed by atoms with Gasteiger partial charge in [0.15, 0.2) is 6.10 Å². The van der Waals surface area contributed by atoms with Crippen molar-refractivity contribution in [2.75, 3.05) is 5.73 Å². The van der Waals surface area contributed by atoms with Crippen LogP contribution in [-0.2, 0) is 9.53 Å². The molecule has 1 aromatic carbocycles. The van der Waals surface area contributed by atoms with Crippen LogP contribution < -0.4 is 5.73 Å². The largest absolute Gasteiger partial charge is 0.479 e. The van der Waals surface area contributed by atoms with Crippen molar-refractivity contribution < 1.29 is 19.4 Å². The first-order valence-electron chi connectivity index (χ1n) is 5.26. The summed E-state index contributed by atoms with van der Waals surface area (Å²) in [5.41, 5.74) is 6.85. The van der Waals surface area contributed by atoms with Crippen molar-refractivity contribution in [3.8, 4) is 0 Å². The fourth-order valence-electron chi connectivity index (χ4n) is 1.47. The third kappa shape index (κ3) is 2.96. The number of ether oxygens (including phenoxy) is 1. The molecule has 0 aliphatic rings. The molecule has 0 saturated carbocycles. The first kappa shape index (κ1) is 13.0. The second-order valence-electron chi connectivity index (χ2n) is 3.68. The van der Waals surface area contributed by atoms with Crippen LogP contribution in [0.4, 0.5) is 5.69 Å². The van der Waals surface area contributed by atoms with Gasteiger partial charge in [-0.1, -0.05) is 19.1 Å². The Hall–Kier alpha value is -2.04. The Kier molecular flexibility index (Phi) is 4.09. The predicted octanol–water partition coefficient (Wildman–Crippen LogP) is 1.60. The molecule has 0 aliphatic heterocycles. The number of aryl methyl sites for hydroxylation is 1. The number of aliphatic carboxylic acids is 1. The number of benzene rings is 1. The molecule has 17 heavy (non-hydrogen) atoms. The number of rotatable bonds is 4. The maximum absolute atomic E-state index is 11.8. The van der Waals surface area contributed by atoms with E-state index in [2.05, 4.69) is 0 Å². The molecule has 1 rings (SSSR count). The summed E-state index contributed by atoms with van der Waals surface area (Å²) >= 11 is 0. The van der Waals surface area contributed by atoms with E-state index < -0.39 is 18.0 Å². The van der Waals surface area contributed by atoms with Crippen LogP contribution >= 0.6 is 0 Å². The molecule has 0 saturated heterocycles. The molecule has 5 nitrogen and oxygen atoms in total. The third-order valence-corrected chi connectivity index (χ3v) is 2.40. The Balaban J connectivity index is 2.94. The number of nitrogens with two attached hydrogens (primary N) is 1. The standard InChI is InChI=1S/C12H15NO4/c1-3-9(11(14)15)17-12(16)10-7(2)5-4-6-8(10)13/h4-6,9H,3,13H2,1-2H3,(H,14,15). The van der Waals surface area contributed by atoms with Crippen molar-refractivity contribution >= 4 is 17.6 Å². The number of carbonyl (C=O) groups is 2. The lowest BCUT2D eigenvalue weighted by Crippen LogP contribution is -2.27. The van der Waals surface area contributed by atoms with E-state index in [1.165, 1.54) is 0 Å². The highest BCUT2D eigenvalue weighted by atomic mass is 16.6. The average molecular weight is 237 g/mol. The van der Waals surface area contributed by atoms with Gasteiger partial charge in [0, 0.05) is 5.69 Å². The van der Waals surface area contributed by atoms with Gasteiger partial charge in [-0.3, -0.25) is 0 Å². The second kappa shape index (κ2) is 5.34. The van der Waals surface area contributed by atoms with Crippen molar-refractivity contribution in [3.63, 3.8) is 0 Å². The summed E-state index contributed by atoms with van der Waals surface area (Å²) in [5.74, 6) is -1.86. The SMILES string of the molecule is CCC(OC(=O)c1c(C)cccc1N)C(=O)O. The van der Waals surface area contributed by atoms with E-state index in [-0.39, 0.29) is 17.7 Å². The smallest absolute Gasteiger partial charge is 0.345 e. The number of carbonyl (C=O) groups excluding carboxylic acids is 1. The molecular weight excluding hydrogens is 222 g/mol. The van der Waals surface area contributed by atoms with Crippen LogP contribution in [0.15, 0.2) is 18.2 Å². The van der Waals surface area contributed by atoms with Gasteiger partial charge in [0.05, 0.1) is 5.56 Å². The zero-order valence-corrected chi connectivity index (χ0v) is 9.77. The number of esters is 1. The van der Waals surface area contributed by atoms with Crippen molar-refractivity contribution in [1.82, 2.24) is 0 Å². The van der Waals surface area contributed by atoms with Gasteiger partial charge in [-0.05, 0) is 25.0 Å². The van der Waals surface area contributed by atoms with E-state index in [0.29, 0.717) is 5.56 Å². The minimum Gasteiger partial charge on any atom is -0.479 e. The fraction of sp³-hybridized carbons (Fsp3) is 0.333. The van der Waals surface area contributed by atoms with Gasteiger partial charge in [-0.2, -0.15) is 0 Å². The number of hydrogen-bond acceptors (Lipinski definition) is 4. The molecule has 1 aromatic rings. The Morgan fingerprint density at radius 2 is 2.12 bits per heavy atom. The quantitative estimate of drug-likeness (QED) is 0.613. The molecule has 0 radical (unpaired) electrons. The van der Waals surface area contributed by atoms with Crippen molar-refractivity contribution in [1.29, 1.82) is 0 Å². The lowest BCUT2D eigenvalue weighted by molar-refractivity contribution is -0.147. The summed E-state index contributed by atoms with van der Waals surface area (Å²) in [6.45, 7) is 3.35. The zero-order chi connectivity index (χ0) is 13.0. The minimum atomic E-state index is -1.16. The lowest BCUT2D eigenvalue weighted by atomic mass is 10.1. The van der Waals surface area contributed by atoms with Crippen LogP contribution in [-0.4, -0.2) is 23.1 Å². The maximum atomic E-state index is 11.8. The Morgan fingerprint density at radius 3 is 2.59 bits per heavy atom. The van der Waals surface area contributed by atoms with Crippen molar-refractivity contribution in [2.24, 2.45) is 0 Å². The molecule has 0 bridgehead atoms. The highest BCUT2D eigenvalue weighted by Crippen LogP contribution is 2.18. The summed E-state index contributed by atoms with van der Waals surface area (Å²) in [6, 6.07) is 5.01. The normalized spacial score (nSPS) is 11.9. The molecule has 0 fully saturated rings. The molecule has 0 amide bonds. The third-order valence-electron chi connectivity index (χ3n) is 2.40. The van der Waals surface area contributed by atoms with Gasteiger partial charge >= 0.3 is 11.9 Å². The van der Waals surface area contributed by atoms with E-state index >= 15 is 0 Å². The van der Waals surface area contributed by atoms with Gasteiger partial charge in [-0.25, -0.2) is 9.59 Å². The van der Waals surface area contributed by atoms with Crippen LogP contribution in [0.2, 0.25) is 0 Å². The first-order valence-corrected chi connectivity index (χ1v) is 5.26. The monoisotopic (exact) mass is 237 g/mol. The van der Waals surface area contributed by atoms with E-state index in [1.54, 1.807) is 32.0 Å². The van der Waals surface area contributed by atoms with Crippen LogP contribution in [0.3, 0.4) is 0 Å². The molecule has 92 valence electrons. The zero-order valence-electron chi connectivity index (χ0n) is 9.77. The van der Waals surface area contributed by atoms with Crippen LogP contribution in [0.5, 0.6) is 0 Å². The average Bonchev–Trinajstić information content (AvgIpc) is 2.25. The van der Waals surface area contributed by atoms with E-state index in [1.807, 2.05) is 0 Å². The molecule has 3 N–H and O–H groups in total. The molecule has 1 unspecified atom stereocenters. The second-order valence-corrected chi connectivity index (χ2v) is 3.68. The highest BCUT2D eigenvalue weighted by molar-refractivity contribution is 5.97. The molecule has 0 spiro atoms. The number of carboxylic acids is 1. The first-order chi connectivity index (χ1) is 7.97. The van der Waals surface area contributed by atoms with E-state index in [4.69, 9.17) is 15.6 Å². The lowest BCUT2D eigenvalue weighted by Gasteiger charge is -2.13. The van der Waals surface area contributed by atoms with Crippen LogP contribution in [0, 0.1) is 6.92 Å². The topological polar surface area (TPSA) is 89.6 Å². The maximum Gasteiger partial charge on any atom is 0.345 e. The number of hydrogen-bond donors (Lipinski definition) is 2. The molecule has 0 heterocycles. The summed E-state index contributed by atoms with van der Waals surface area (Å²) in [6.07, 6.45) is -0.922. The molecule has 5 heteroatoms. The Bertz CT molecular complexity index is 422. The van der Waals surface area contributed by atoms with Crippen molar-refractivity contribution in [3.05, 3.63) is 29.3 Å². The van der Waals surface area contributed by atoms with Gasteiger partial charge in [-0.15, -0.1) is 0 Å². The summed E-state index contributed by atoms with van der Waals surface area (Å²) in [5, 5.41) is 8.80. The van der Waals surface area contributed by atoms with Crippen LogP contribution in [0.25, 0.3) is 0 Å².